The van der Waals surface area contributed by atoms with Crippen molar-refractivity contribution in [1.29, 1.82) is 0 Å². The minimum atomic E-state index is -4.64. The van der Waals surface area contributed by atoms with Crippen molar-refractivity contribution in [2.24, 2.45) is 0 Å². The van der Waals surface area contributed by atoms with Gasteiger partial charge in [0.15, 0.2) is 0 Å². The molecular weight excluding hydrogens is 251 g/mol. The van der Waals surface area contributed by atoms with Crippen molar-refractivity contribution in [2.45, 2.75) is 0 Å². The highest BCUT2D eigenvalue weighted by Crippen LogP contribution is 2.25. The van der Waals surface area contributed by atoms with E-state index in [0.29, 0.717) is 0 Å². The third kappa shape index (κ3) is 9.76. The van der Waals surface area contributed by atoms with Crippen molar-refractivity contribution >= 4 is 13.5 Å². The lowest BCUT2D eigenvalue weighted by Gasteiger charge is -2.09. The number of ether oxygens (including phenoxy) is 1. The van der Waals surface area contributed by atoms with E-state index < -0.39 is 7.82 Å². The van der Waals surface area contributed by atoms with Crippen molar-refractivity contribution in [3.8, 4) is 5.75 Å². The standard InChI is InChI=1S/C8H12N2O2.H3O4P/c1-11-8-6-4-3-5-7(8)9-10-12-2;1-5(2,3)4/h3-6,9-10H,1-2H3;(H3,1,2,3,4). The summed E-state index contributed by atoms with van der Waals surface area (Å²) in [6, 6.07) is 7.55. The van der Waals surface area contributed by atoms with Crippen LogP contribution in [0.1, 0.15) is 0 Å². The smallest absolute Gasteiger partial charge is 0.466 e. The van der Waals surface area contributed by atoms with Crippen molar-refractivity contribution in [3.63, 3.8) is 0 Å². The van der Waals surface area contributed by atoms with Crippen LogP contribution in [0.4, 0.5) is 5.69 Å². The molecule has 0 fully saturated rings. The van der Waals surface area contributed by atoms with Gasteiger partial charge in [0.2, 0.25) is 0 Å². The average Bonchev–Trinajstić information content (AvgIpc) is 2.24. The van der Waals surface area contributed by atoms with Gasteiger partial charge in [-0.2, -0.15) is 0 Å². The Labute approximate surface area is 98.4 Å². The van der Waals surface area contributed by atoms with E-state index in [9.17, 15) is 0 Å². The van der Waals surface area contributed by atoms with Gasteiger partial charge in [-0.25, -0.2) is 4.57 Å². The highest BCUT2D eigenvalue weighted by molar-refractivity contribution is 7.45. The molecule has 17 heavy (non-hydrogen) atoms. The first-order valence-corrected chi connectivity index (χ1v) is 5.90. The highest BCUT2D eigenvalue weighted by Gasteiger charge is 2.00. The molecule has 0 atom stereocenters. The van der Waals surface area contributed by atoms with Crippen LogP contribution in [0.25, 0.3) is 0 Å². The Balaban J connectivity index is 0.000000437. The molecule has 5 N–H and O–H groups in total. The molecular formula is C8H15N2O6P. The van der Waals surface area contributed by atoms with Crippen LogP contribution in [-0.2, 0) is 9.40 Å². The van der Waals surface area contributed by atoms with E-state index in [0.717, 1.165) is 11.4 Å². The van der Waals surface area contributed by atoms with Gasteiger partial charge in [0, 0.05) is 0 Å². The van der Waals surface area contributed by atoms with Crippen LogP contribution in [-0.4, -0.2) is 28.9 Å². The van der Waals surface area contributed by atoms with Crippen LogP contribution < -0.4 is 15.8 Å². The van der Waals surface area contributed by atoms with Crippen molar-refractivity contribution in [1.82, 2.24) is 5.59 Å². The molecule has 0 bridgehead atoms. The Kier molecular flexibility index (Phi) is 7.47. The molecule has 0 aliphatic rings. The third-order valence-corrected chi connectivity index (χ3v) is 1.39. The van der Waals surface area contributed by atoms with E-state index in [-0.39, 0.29) is 0 Å². The van der Waals surface area contributed by atoms with Gasteiger partial charge in [0.1, 0.15) is 5.75 Å². The largest absolute Gasteiger partial charge is 0.495 e. The van der Waals surface area contributed by atoms with E-state index >= 15 is 0 Å². The minimum Gasteiger partial charge on any atom is -0.495 e. The van der Waals surface area contributed by atoms with Crippen LogP contribution >= 0.6 is 7.82 Å². The first-order chi connectivity index (χ1) is 7.88. The molecule has 8 nitrogen and oxygen atoms in total. The molecule has 0 spiro atoms. The van der Waals surface area contributed by atoms with Crippen LogP contribution in [0.2, 0.25) is 0 Å². The van der Waals surface area contributed by atoms with Gasteiger partial charge in [-0.3, -0.25) is 10.3 Å². The first kappa shape index (κ1) is 15.9. The van der Waals surface area contributed by atoms with E-state index in [1.807, 2.05) is 24.3 Å². The van der Waals surface area contributed by atoms with Crippen LogP contribution in [0.3, 0.4) is 0 Å². The predicted octanol–water partition coefficient (Wildman–Crippen LogP) is 0.244. The molecule has 0 saturated carbocycles. The van der Waals surface area contributed by atoms with Crippen molar-refractivity contribution in [2.75, 3.05) is 19.6 Å². The fourth-order valence-corrected chi connectivity index (χ4v) is 0.854. The quantitative estimate of drug-likeness (QED) is 0.388. The summed E-state index contributed by atoms with van der Waals surface area (Å²) in [5.41, 5.74) is 6.16. The molecule has 0 saturated heterocycles. The predicted molar refractivity (Wildman–Crippen MR) is 61.0 cm³/mol. The molecule has 1 aromatic carbocycles. The molecule has 1 rings (SSSR count). The number of para-hydroxylation sites is 2. The number of methoxy groups -OCH3 is 1. The van der Waals surface area contributed by atoms with Gasteiger partial charge < -0.3 is 19.4 Å². The fraction of sp³-hybridized carbons (Fsp3) is 0.250. The van der Waals surface area contributed by atoms with Gasteiger partial charge in [0.05, 0.1) is 19.9 Å². The topological polar surface area (TPSA) is 120 Å². The average molecular weight is 266 g/mol. The summed E-state index contributed by atoms with van der Waals surface area (Å²) in [7, 11) is -1.49. The lowest BCUT2D eigenvalue weighted by Crippen LogP contribution is -2.19. The second-order valence-electron chi connectivity index (χ2n) is 2.64. The molecule has 9 heteroatoms. The van der Waals surface area contributed by atoms with Crippen molar-refractivity contribution < 1.29 is 28.8 Å². The zero-order chi connectivity index (χ0) is 13.3. The first-order valence-electron chi connectivity index (χ1n) is 4.33. The second kappa shape index (κ2) is 8.02. The molecule has 0 radical (unpaired) electrons. The van der Waals surface area contributed by atoms with Crippen molar-refractivity contribution in [3.05, 3.63) is 24.3 Å². The number of hydrazine groups is 1. The van der Waals surface area contributed by atoms with E-state index in [1.54, 1.807) is 7.11 Å². The third-order valence-electron chi connectivity index (χ3n) is 1.39. The number of nitrogens with one attached hydrogen (secondary N) is 2. The maximum atomic E-state index is 8.88. The van der Waals surface area contributed by atoms with Crippen LogP contribution in [0.15, 0.2) is 24.3 Å². The molecule has 0 aliphatic heterocycles. The number of phosphoric acid groups is 1. The minimum absolute atomic E-state index is 0.766. The van der Waals surface area contributed by atoms with Gasteiger partial charge in [0.25, 0.3) is 0 Å². The monoisotopic (exact) mass is 266 g/mol. The summed E-state index contributed by atoms with van der Waals surface area (Å²) in [5, 5.41) is 0. The van der Waals surface area contributed by atoms with E-state index in [4.69, 9.17) is 24.0 Å². The summed E-state index contributed by atoms with van der Waals surface area (Å²) in [6.45, 7) is 0. The Hall–Kier alpha value is -1.15. The van der Waals surface area contributed by atoms with Gasteiger partial charge >= 0.3 is 7.82 Å². The molecule has 0 unspecified atom stereocenters. The van der Waals surface area contributed by atoms with Gasteiger partial charge in [-0.1, -0.05) is 12.1 Å². The zero-order valence-electron chi connectivity index (χ0n) is 9.32. The maximum Gasteiger partial charge on any atom is 0.466 e. The summed E-state index contributed by atoms with van der Waals surface area (Å²) in [6.07, 6.45) is 0. The zero-order valence-corrected chi connectivity index (χ0v) is 10.2. The summed E-state index contributed by atoms with van der Waals surface area (Å²) >= 11 is 0. The molecule has 0 amide bonds. The highest BCUT2D eigenvalue weighted by atomic mass is 31.2. The van der Waals surface area contributed by atoms with E-state index in [1.165, 1.54) is 7.11 Å². The number of hydrogen-bond acceptors (Lipinski definition) is 5. The summed E-state index contributed by atoms with van der Waals surface area (Å²) in [4.78, 5) is 26.2. The summed E-state index contributed by atoms with van der Waals surface area (Å²) in [5.74, 6) is 0.766. The summed E-state index contributed by atoms with van der Waals surface area (Å²) < 4.78 is 14.0. The normalized spacial score (nSPS) is 10.2. The van der Waals surface area contributed by atoms with Crippen LogP contribution in [0, 0.1) is 0 Å². The Morgan fingerprint density at radius 3 is 2.18 bits per heavy atom. The molecule has 0 aliphatic carbocycles. The molecule has 98 valence electrons. The van der Waals surface area contributed by atoms with Gasteiger partial charge in [-0.05, 0) is 12.1 Å². The fourth-order valence-electron chi connectivity index (χ4n) is 0.854. The van der Waals surface area contributed by atoms with Crippen LogP contribution in [0.5, 0.6) is 5.75 Å². The molecule has 1 aromatic rings. The molecule has 0 heterocycles. The number of benzene rings is 1. The number of anilines is 1. The maximum absolute atomic E-state index is 8.88. The second-order valence-corrected chi connectivity index (χ2v) is 3.67. The number of rotatable bonds is 4. The van der Waals surface area contributed by atoms with Gasteiger partial charge in [-0.15, -0.1) is 5.59 Å². The number of hydrogen-bond donors (Lipinski definition) is 5. The lowest BCUT2D eigenvalue weighted by molar-refractivity contribution is 0.111. The Morgan fingerprint density at radius 2 is 1.71 bits per heavy atom. The Bertz CT molecular complexity index is 361. The molecule has 0 aromatic heterocycles. The Morgan fingerprint density at radius 1 is 1.18 bits per heavy atom. The lowest BCUT2D eigenvalue weighted by atomic mass is 10.3. The SMILES string of the molecule is CONNc1ccccc1OC.O=P(O)(O)O. The van der Waals surface area contributed by atoms with E-state index in [2.05, 4.69) is 15.9 Å².